The Morgan fingerprint density at radius 3 is 1.89 bits per heavy atom. The van der Waals surface area contributed by atoms with E-state index in [0.717, 1.165) is 0 Å². The van der Waals surface area contributed by atoms with Crippen molar-refractivity contribution in [2.24, 2.45) is 0 Å². The third-order valence-electron chi connectivity index (χ3n) is 7.22. The Balaban J connectivity index is 1.40. The third kappa shape index (κ3) is 6.04. The molecule has 4 atom stereocenters. The fraction of sp³-hybridized carbons (Fsp3) is 0.182. The van der Waals surface area contributed by atoms with Crippen LogP contribution in [0.4, 0.5) is 0 Å². The molecule has 45 heavy (non-hydrogen) atoms. The van der Waals surface area contributed by atoms with E-state index in [1.54, 1.807) is 114 Å². The molecule has 0 saturated carbocycles. The molecule has 226 valence electrons. The smallest absolute Gasteiger partial charge is 0.338 e. The lowest BCUT2D eigenvalue weighted by Crippen LogP contribution is -2.41. The van der Waals surface area contributed by atoms with Crippen LogP contribution >= 0.6 is 11.8 Å². The Kier molecular flexibility index (Phi) is 8.63. The molecule has 5 aromatic rings. The van der Waals surface area contributed by atoms with Crippen LogP contribution in [0.25, 0.3) is 5.65 Å². The third-order valence-corrected chi connectivity index (χ3v) is 7.90. The lowest BCUT2D eigenvalue weighted by molar-refractivity contribution is -0.0604. The SMILES string of the molecule is CSc1nn2ccn([C@@H]3O[C@H](COC(=O)c4ccccc4)[C@@H](OC(=O)c4ccccc4)[C@H]3OC(=O)c3ccccc3)c2c1C#N. The zero-order valence-corrected chi connectivity index (χ0v) is 24.7. The van der Waals surface area contributed by atoms with Crippen LogP contribution in [0.5, 0.6) is 0 Å². The minimum absolute atomic E-state index is 0.268. The number of ether oxygens (including phenoxy) is 4. The van der Waals surface area contributed by atoms with E-state index in [1.807, 2.05) is 0 Å². The van der Waals surface area contributed by atoms with Gasteiger partial charge in [-0.25, -0.2) is 18.9 Å². The van der Waals surface area contributed by atoms with Crippen LogP contribution in [0, 0.1) is 11.3 Å². The second kappa shape index (κ2) is 13.1. The van der Waals surface area contributed by atoms with Gasteiger partial charge >= 0.3 is 17.9 Å². The molecule has 0 spiro atoms. The molecule has 6 rings (SSSR count). The number of thioether (sulfide) groups is 1. The summed E-state index contributed by atoms with van der Waals surface area (Å²) in [6.07, 6.45) is 0.497. The quantitative estimate of drug-likeness (QED) is 0.126. The van der Waals surface area contributed by atoms with Gasteiger partial charge in [0.05, 0.1) is 16.7 Å². The Bertz CT molecular complexity index is 1870. The number of hydrogen-bond acceptors (Lipinski definition) is 10. The molecule has 0 N–H and O–H groups in total. The van der Waals surface area contributed by atoms with Crippen molar-refractivity contribution in [1.29, 1.82) is 5.26 Å². The first kappa shape index (κ1) is 29.7. The number of fused-ring (bicyclic) bond motifs is 1. The molecule has 3 aromatic carbocycles. The predicted molar refractivity (Wildman–Crippen MR) is 162 cm³/mol. The van der Waals surface area contributed by atoms with Crippen LogP contribution < -0.4 is 0 Å². The fourth-order valence-corrected chi connectivity index (χ4v) is 5.60. The monoisotopic (exact) mass is 622 g/mol. The molecule has 1 fully saturated rings. The molecule has 12 heteroatoms. The largest absolute Gasteiger partial charge is 0.459 e. The number of hydrogen-bond donors (Lipinski definition) is 0. The highest BCUT2D eigenvalue weighted by Gasteiger charge is 2.52. The summed E-state index contributed by atoms with van der Waals surface area (Å²) in [7, 11) is 0. The second-order valence-electron chi connectivity index (χ2n) is 9.97. The van der Waals surface area contributed by atoms with Gasteiger partial charge in [0.15, 0.2) is 24.1 Å². The van der Waals surface area contributed by atoms with E-state index in [-0.39, 0.29) is 17.7 Å². The van der Waals surface area contributed by atoms with Gasteiger partial charge in [0.2, 0.25) is 0 Å². The standard InChI is InChI=1S/C33H26N4O7S/c1-45-28-24(19-34)29-36(17-18-37(29)35-28)30-27(44-33(40)23-15-9-4-10-16-23)26(43-32(39)22-13-7-3-8-14-22)25(42-30)20-41-31(38)21-11-5-2-6-12-21/h2-18,25-27,30H,20H2,1H3/t25-,26-,27-,30-/m1/s1. The van der Waals surface area contributed by atoms with E-state index in [4.69, 9.17) is 18.9 Å². The summed E-state index contributed by atoms with van der Waals surface area (Å²) in [5, 5.41) is 15.0. The minimum atomic E-state index is -1.22. The average Bonchev–Trinajstić information content (AvgIpc) is 3.76. The van der Waals surface area contributed by atoms with Crippen LogP contribution in [0.2, 0.25) is 0 Å². The molecule has 1 saturated heterocycles. The number of nitriles is 1. The van der Waals surface area contributed by atoms with Crippen LogP contribution in [0.3, 0.4) is 0 Å². The van der Waals surface area contributed by atoms with Gasteiger partial charge in [-0.2, -0.15) is 10.4 Å². The number of nitrogens with zero attached hydrogens (tertiary/aromatic N) is 4. The number of carbonyl (C=O) groups excluding carboxylic acids is 3. The molecule has 11 nitrogen and oxygen atoms in total. The molecule has 1 aliphatic rings. The molecule has 0 radical (unpaired) electrons. The second-order valence-corrected chi connectivity index (χ2v) is 10.8. The molecule has 0 amide bonds. The van der Waals surface area contributed by atoms with Crippen molar-refractivity contribution in [2.75, 3.05) is 12.9 Å². The Morgan fingerprint density at radius 1 is 0.822 bits per heavy atom. The lowest BCUT2D eigenvalue weighted by atomic mass is 10.1. The van der Waals surface area contributed by atoms with Crippen LogP contribution in [-0.2, 0) is 18.9 Å². The highest BCUT2D eigenvalue weighted by molar-refractivity contribution is 7.98. The minimum Gasteiger partial charge on any atom is -0.459 e. The molecule has 1 aliphatic heterocycles. The maximum Gasteiger partial charge on any atom is 0.338 e. The van der Waals surface area contributed by atoms with Gasteiger partial charge in [-0.1, -0.05) is 54.6 Å². The van der Waals surface area contributed by atoms with Crippen molar-refractivity contribution in [2.45, 2.75) is 29.6 Å². The van der Waals surface area contributed by atoms with E-state index in [0.29, 0.717) is 21.8 Å². The number of carbonyl (C=O) groups is 3. The summed E-state index contributed by atoms with van der Waals surface area (Å²) in [4.78, 5) is 39.7. The van der Waals surface area contributed by atoms with Crippen LogP contribution in [0.15, 0.2) is 108 Å². The number of imidazole rings is 1. The zero-order chi connectivity index (χ0) is 31.3. The first-order valence-corrected chi connectivity index (χ1v) is 15.1. The van der Waals surface area contributed by atoms with Crippen molar-refractivity contribution >= 4 is 35.3 Å². The molecule has 0 bridgehead atoms. The van der Waals surface area contributed by atoms with Crippen molar-refractivity contribution in [1.82, 2.24) is 14.2 Å². The fourth-order valence-electron chi connectivity index (χ4n) is 5.09. The summed E-state index contributed by atoms with van der Waals surface area (Å²) in [5.74, 6) is -1.97. The first-order chi connectivity index (χ1) is 22.0. The Morgan fingerprint density at radius 2 is 1.36 bits per heavy atom. The summed E-state index contributed by atoms with van der Waals surface area (Å²) >= 11 is 1.31. The Labute approximate surface area is 261 Å². The number of rotatable bonds is 9. The normalized spacial score (nSPS) is 19.1. The van der Waals surface area contributed by atoms with Gasteiger partial charge in [0.25, 0.3) is 0 Å². The van der Waals surface area contributed by atoms with Crippen molar-refractivity contribution in [3.05, 3.63) is 126 Å². The predicted octanol–water partition coefficient (Wildman–Crippen LogP) is 4.93. The van der Waals surface area contributed by atoms with Crippen molar-refractivity contribution in [3.63, 3.8) is 0 Å². The van der Waals surface area contributed by atoms with Crippen LogP contribution in [0.1, 0.15) is 42.9 Å². The summed E-state index contributed by atoms with van der Waals surface area (Å²) in [6.45, 7) is -0.325. The maximum absolute atomic E-state index is 13.4. The number of benzene rings is 3. The molecule has 3 heterocycles. The van der Waals surface area contributed by atoms with Gasteiger partial charge in [-0.15, -0.1) is 11.8 Å². The summed E-state index contributed by atoms with van der Waals surface area (Å²) in [6, 6.07) is 27.3. The van der Waals surface area contributed by atoms with Gasteiger partial charge in [-0.05, 0) is 42.7 Å². The summed E-state index contributed by atoms with van der Waals surface area (Å²) < 4.78 is 27.2. The highest BCUT2D eigenvalue weighted by atomic mass is 32.2. The maximum atomic E-state index is 13.4. The molecule has 2 aromatic heterocycles. The number of esters is 3. The van der Waals surface area contributed by atoms with E-state index in [1.165, 1.54) is 16.3 Å². The van der Waals surface area contributed by atoms with Gasteiger partial charge in [-0.3, -0.25) is 0 Å². The summed E-state index contributed by atoms with van der Waals surface area (Å²) in [5.41, 5.74) is 1.55. The van der Waals surface area contributed by atoms with Crippen LogP contribution in [-0.4, -0.2) is 63.3 Å². The average molecular weight is 623 g/mol. The molecular weight excluding hydrogens is 596 g/mol. The molecule has 0 unspecified atom stereocenters. The van der Waals surface area contributed by atoms with Gasteiger partial charge < -0.3 is 23.5 Å². The first-order valence-electron chi connectivity index (χ1n) is 13.9. The van der Waals surface area contributed by atoms with Gasteiger partial charge in [0, 0.05) is 12.4 Å². The van der Waals surface area contributed by atoms with Crippen molar-refractivity contribution < 1.29 is 33.3 Å². The Hall–Kier alpha value is -5.38. The van der Waals surface area contributed by atoms with E-state index in [9.17, 15) is 19.6 Å². The molecular formula is C33H26N4O7S. The van der Waals surface area contributed by atoms with E-state index in [2.05, 4.69) is 11.2 Å². The zero-order valence-electron chi connectivity index (χ0n) is 23.9. The van der Waals surface area contributed by atoms with Gasteiger partial charge in [0.1, 0.15) is 29.4 Å². The highest BCUT2D eigenvalue weighted by Crippen LogP contribution is 2.38. The van der Waals surface area contributed by atoms with E-state index < -0.39 is 42.4 Å². The van der Waals surface area contributed by atoms with Crippen molar-refractivity contribution in [3.8, 4) is 6.07 Å². The van der Waals surface area contributed by atoms with E-state index >= 15 is 0 Å². The lowest BCUT2D eigenvalue weighted by Gasteiger charge is -2.25. The number of aromatic nitrogens is 3. The molecule has 0 aliphatic carbocycles. The topological polar surface area (TPSA) is 134 Å².